The molecule has 128 valence electrons. The molecule has 0 radical (unpaired) electrons. The molecule has 0 atom stereocenters. The summed E-state index contributed by atoms with van der Waals surface area (Å²) >= 11 is 0. The highest BCUT2D eigenvalue weighted by molar-refractivity contribution is 6.31. The zero-order chi connectivity index (χ0) is 18.7. The predicted octanol–water partition coefficient (Wildman–Crippen LogP) is 4.37. The monoisotopic (exact) mass is 336 g/mol. The molecule has 4 heteroatoms. The molecule has 0 aliphatic rings. The van der Waals surface area contributed by atoms with Gasteiger partial charge in [-0.05, 0) is 55.7 Å². The Morgan fingerprint density at radius 1 is 0.960 bits per heavy atom. The maximum atomic E-state index is 12.9. The molecule has 2 aromatic carbocycles. The van der Waals surface area contributed by atoms with Gasteiger partial charge in [-0.25, -0.2) is 0 Å². The zero-order valence-corrected chi connectivity index (χ0v) is 14.5. The van der Waals surface area contributed by atoms with E-state index in [1.165, 1.54) is 18.2 Å². The van der Waals surface area contributed by atoms with Crippen molar-refractivity contribution in [3.05, 3.63) is 76.4 Å². The number of hydrogen-bond donors (Lipinski definition) is 2. The minimum Gasteiger partial charge on any atom is -0.504 e. The molecule has 0 aliphatic carbocycles. The van der Waals surface area contributed by atoms with E-state index in [0.717, 1.165) is 17.2 Å². The van der Waals surface area contributed by atoms with Crippen LogP contribution in [0.25, 0.3) is 6.08 Å². The van der Waals surface area contributed by atoms with Gasteiger partial charge in [0.25, 0.3) is 0 Å². The number of allylic oxidation sites excluding steroid dienone is 2. The van der Waals surface area contributed by atoms with Gasteiger partial charge in [-0.15, -0.1) is 0 Å². The van der Waals surface area contributed by atoms with Crippen LogP contribution in [0.5, 0.6) is 11.5 Å². The first-order chi connectivity index (χ1) is 11.8. The molecule has 2 rings (SSSR count). The molecule has 2 aromatic rings. The topological polar surface area (TPSA) is 74.6 Å². The summed E-state index contributed by atoms with van der Waals surface area (Å²) in [4.78, 5) is 25.6. The Kier molecular flexibility index (Phi) is 5.22. The van der Waals surface area contributed by atoms with Crippen molar-refractivity contribution in [1.82, 2.24) is 0 Å². The second-order valence-electron chi connectivity index (χ2n) is 5.79. The zero-order valence-electron chi connectivity index (χ0n) is 14.5. The summed E-state index contributed by atoms with van der Waals surface area (Å²) < 4.78 is 0. The Bertz CT molecular complexity index is 904. The van der Waals surface area contributed by atoms with E-state index in [-0.39, 0.29) is 16.9 Å². The van der Waals surface area contributed by atoms with Crippen LogP contribution in [-0.4, -0.2) is 21.8 Å². The average molecular weight is 336 g/mol. The fourth-order valence-corrected chi connectivity index (χ4v) is 2.51. The standard InChI is InChI=1S/C21H20O4/c1-5-14-10-18(22)19(23)11-17(14)21(25)16(6-2)20(24)15-8-7-12(3)13(4)9-15/h5-11,22-23H,1H2,2-4H3/b16-6-. The van der Waals surface area contributed by atoms with E-state index in [1.807, 2.05) is 19.9 Å². The number of aryl methyl sites for hydroxylation is 2. The third kappa shape index (κ3) is 3.53. The predicted molar refractivity (Wildman–Crippen MR) is 98.2 cm³/mol. The smallest absolute Gasteiger partial charge is 0.197 e. The third-order valence-electron chi connectivity index (χ3n) is 4.16. The van der Waals surface area contributed by atoms with Crippen molar-refractivity contribution in [2.24, 2.45) is 0 Å². The number of Topliss-reactive ketones (excluding diaryl/α,β-unsaturated/α-hetero) is 2. The summed E-state index contributed by atoms with van der Waals surface area (Å²) in [5.41, 5.74) is 2.89. The molecule has 0 fully saturated rings. The van der Waals surface area contributed by atoms with Crippen LogP contribution >= 0.6 is 0 Å². The van der Waals surface area contributed by atoms with Crippen molar-refractivity contribution in [1.29, 1.82) is 0 Å². The Labute approximate surface area is 146 Å². The van der Waals surface area contributed by atoms with Crippen LogP contribution in [0.4, 0.5) is 0 Å². The van der Waals surface area contributed by atoms with Crippen molar-refractivity contribution in [3.8, 4) is 11.5 Å². The van der Waals surface area contributed by atoms with Gasteiger partial charge in [0, 0.05) is 11.1 Å². The Morgan fingerprint density at radius 2 is 1.60 bits per heavy atom. The lowest BCUT2D eigenvalue weighted by Crippen LogP contribution is -2.15. The number of carbonyl (C=O) groups is 2. The van der Waals surface area contributed by atoms with Crippen molar-refractivity contribution < 1.29 is 19.8 Å². The van der Waals surface area contributed by atoms with Crippen LogP contribution in [0.15, 0.2) is 48.6 Å². The lowest BCUT2D eigenvalue weighted by Gasteiger charge is -2.11. The molecule has 0 saturated carbocycles. The molecule has 25 heavy (non-hydrogen) atoms. The van der Waals surface area contributed by atoms with Gasteiger partial charge in [0.1, 0.15) is 0 Å². The molecule has 0 amide bonds. The maximum Gasteiger partial charge on any atom is 0.197 e. The van der Waals surface area contributed by atoms with Gasteiger partial charge < -0.3 is 10.2 Å². The first-order valence-corrected chi connectivity index (χ1v) is 7.81. The van der Waals surface area contributed by atoms with E-state index >= 15 is 0 Å². The molecule has 2 N–H and O–H groups in total. The second-order valence-corrected chi connectivity index (χ2v) is 5.79. The number of phenols is 2. The SMILES string of the molecule is C=Cc1cc(O)c(O)cc1C(=O)/C(=C\C)C(=O)c1ccc(C)c(C)c1. The van der Waals surface area contributed by atoms with Crippen LogP contribution in [-0.2, 0) is 0 Å². The highest BCUT2D eigenvalue weighted by atomic mass is 16.3. The van der Waals surface area contributed by atoms with E-state index in [1.54, 1.807) is 19.1 Å². The number of ketones is 2. The van der Waals surface area contributed by atoms with Crippen LogP contribution in [0.1, 0.15) is 44.3 Å². The molecule has 0 aromatic heterocycles. The molecule has 0 heterocycles. The molecule has 0 aliphatic heterocycles. The number of benzene rings is 2. The third-order valence-corrected chi connectivity index (χ3v) is 4.16. The molecule has 0 spiro atoms. The molecule has 0 unspecified atom stereocenters. The lowest BCUT2D eigenvalue weighted by molar-refractivity contribution is 0.0962. The van der Waals surface area contributed by atoms with Crippen molar-refractivity contribution in [2.75, 3.05) is 0 Å². The van der Waals surface area contributed by atoms with Crippen LogP contribution in [0.2, 0.25) is 0 Å². The Morgan fingerprint density at radius 3 is 2.16 bits per heavy atom. The lowest BCUT2D eigenvalue weighted by atomic mass is 9.91. The molecular formula is C21H20O4. The van der Waals surface area contributed by atoms with E-state index in [4.69, 9.17) is 0 Å². The number of rotatable bonds is 5. The Hall–Kier alpha value is -3.14. The summed E-state index contributed by atoms with van der Waals surface area (Å²) in [6, 6.07) is 7.65. The number of phenolic OH excluding ortho intramolecular Hbond substituents is 2. The number of carbonyl (C=O) groups excluding carboxylic acids is 2. The van der Waals surface area contributed by atoms with E-state index in [9.17, 15) is 19.8 Å². The first kappa shape index (κ1) is 18.2. The van der Waals surface area contributed by atoms with Gasteiger partial charge >= 0.3 is 0 Å². The number of aromatic hydroxyl groups is 2. The van der Waals surface area contributed by atoms with E-state index in [2.05, 4.69) is 6.58 Å². The molecule has 0 saturated heterocycles. The maximum absolute atomic E-state index is 12.9. The minimum absolute atomic E-state index is 0.00329. The van der Waals surface area contributed by atoms with Gasteiger partial charge in [-0.2, -0.15) is 0 Å². The van der Waals surface area contributed by atoms with Gasteiger partial charge in [0.2, 0.25) is 0 Å². The van der Waals surface area contributed by atoms with Gasteiger partial charge in [-0.3, -0.25) is 9.59 Å². The quantitative estimate of drug-likeness (QED) is 0.279. The second kappa shape index (κ2) is 7.18. The fourth-order valence-electron chi connectivity index (χ4n) is 2.51. The summed E-state index contributed by atoms with van der Waals surface area (Å²) in [6.07, 6.45) is 2.84. The van der Waals surface area contributed by atoms with E-state index in [0.29, 0.717) is 11.1 Å². The molecule has 0 bridgehead atoms. The fraction of sp³-hybridized carbons (Fsp3) is 0.143. The average Bonchev–Trinajstić information content (AvgIpc) is 2.59. The summed E-state index contributed by atoms with van der Waals surface area (Å²) in [5, 5.41) is 19.3. The van der Waals surface area contributed by atoms with Gasteiger partial charge in [0.15, 0.2) is 23.1 Å². The highest BCUT2D eigenvalue weighted by Crippen LogP contribution is 2.30. The molecule has 4 nitrogen and oxygen atoms in total. The van der Waals surface area contributed by atoms with Gasteiger partial charge in [-0.1, -0.05) is 30.9 Å². The Balaban J connectivity index is 2.49. The summed E-state index contributed by atoms with van der Waals surface area (Å²) in [7, 11) is 0. The summed E-state index contributed by atoms with van der Waals surface area (Å²) in [5.74, 6) is -1.70. The van der Waals surface area contributed by atoms with Crippen molar-refractivity contribution >= 4 is 17.6 Å². The van der Waals surface area contributed by atoms with E-state index < -0.39 is 17.3 Å². The van der Waals surface area contributed by atoms with Crippen molar-refractivity contribution in [3.63, 3.8) is 0 Å². The minimum atomic E-state index is -0.532. The highest BCUT2D eigenvalue weighted by Gasteiger charge is 2.23. The number of hydrogen-bond acceptors (Lipinski definition) is 4. The van der Waals surface area contributed by atoms with Gasteiger partial charge in [0.05, 0.1) is 5.57 Å². The van der Waals surface area contributed by atoms with Crippen molar-refractivity contribution in [2.45, 2.75) is 20.8 Å². The normalized spacial score (nSPS) is 11.2. The first-order valence-electron chi connectivity index (χ1n) is 7.81. The molecular weight excluding hydrogens is 316 g/mol. The summed E-state index contributed by atoms with van der Waals surface area (Å²) in [6.45, 7) is 9.06. The van der Waals surface area contributed by atoms with Crippen LogP contribution in [0.3, 0.4) is 0 Å². The van der Waals surface area contributed by atoms with Crippen LogP contribution in [0, 0.1) is 13.8 Å². The largest absolute Gasteiger partial charge is 0.504 e. The van der Waals surface area contributed by atoms with Crippen LogP contribution < -0.4 is 0 Å².